The number of nitrogens with two attached hydrogens (primary N) is 1. The zero-order valence-corrected chi connectivity index (χ0v) is 21.9. The number of allylic oxidation sites excluding steroid dienone is 1. The Bertz CT molecular complexity index is 1130. The molecule has 1 aromatic heterocycles. The van der Waals surface area contributed by atoms with E-state index in [0.717, 1.165) is 54.4 Å². The second-order valence-corrected chi connectivity index (χ2v) is 9.52. The van der Waals surface area contributed by atoms with E-state index in [0.29, 0.717) is 26.1 Å². The molecule has 200 valence electrons. The molecule has 2 aromatic rings. The van der Waals surface area contributed by atoms with Crippen LogP contribution in [0.15, 0.2) is 36.7 Å². The molecule has 37 heavy (non-hydrogen) atoms. The molecule has 0 saturated carbocycles. The Balaban J connectivity index is 1.68. The van der Waals surface area contributed by atoms with Gasteiger partial charge in [0.25, 0.3) is 0 Å². The van der Waals surface area contributed by atoms with Crippen molar-refractivity contribution in [3.05, 3.63) is 53.4 Å². The van der Waals surface area contributed by atoms with Crippen molar-refractivity contribution < 1.29 is 13.2 Å². The molecule has 1 aromatic carbocycles. The first-order valence-corrected chi connectivity index (χ1v) is 12.8. The molecule has 1 aliphatic rings. The lowest BCUT2D eigenvalue weighted by atomic mass is 9.93. The van der Waals surface area contributed by atoms with E-state index in [1.165, 1.54) is 0 Å². The van der Waals surface area contributed by atoms with Crippen molar-refractivity contribution in [3.8, 4) is 11.8 Å². The van der Waals surface area contributed by atoms with Gasteiger partial charge in [-0.1, -0.05) is 37.1 Å². The lowest BCUT2D eigenvalue weighted by molar-refractivity contribution is -0.137. The molecule has 3 rings (SSSR count). The van der Waals surface area contributed by atoms with Crippen molar-refractivity contribution >= 4 is 17.5 Å². The summed E-state index contributed by atoms with van der Waals surface area (Å²) in [5.74, 6) is 6.32. The summed E-state index contributed by atoms with van der Waals surface area (Å²) >= 11 is 0. The van der Waals surface area contributed by atoms with Gasteiger partial charge in [0.2, 0.25) is 5.95 Å². The van der Waals surface area contributed by atoms with Crippen molar-refractivity contribution in [2.75, 3.05) is 30.3 Å². The Morgan fingerprint density at radius 3 is 2.76 bits per heavy atom. The quantitative estimate of drug-likeness (QED) is 0.302. The number of halogens is 3. The molecule has 4 N–H and O–H groups in total. The summed E-state index contributed by atoms with van der Waals surface area (Å²) < 4.78 is 41.0. The maximum Gasteiger partial charge on any atom is 0.421 e. The third kappa shape index (κ3) is 8.12. The normalized spacial score (nSPS) is 18.5. The summed E-state index contributed by atoms with van der Waals surface area (Å²) in [5, 5.41) is 5.96. The minimum atomic E-state index is -4.57. The summed E-state index contributed by atoms with van der Waals surface area (Å²) in [5.41, 5.74) is 9.29. The number of alkyl halides is 3. The van der Waals surface area contributed by atoms with Gasteiger partial charge in [-0.2, -0.15) is 18.2 Å². The maximum atomic E-state index is 13.7. The lowest BCUT2D eigenvalue weighted by Gasteiger charge is -2.33. The first kappa shape index (κ1) is 28.3. The first-order valence-electron chi connectivity index (χ1n) is 12.8. The summed E-state index contributed by atoms with van der Waals surface area (Å²) in [6.07, 6.45) is 0.227. The molecular weight excluding hydrogens is 477 g/mol. The average Bonchev–Trinajstić information content (AvgIpc) is 2.84. The molecule has 9 heteroatoms. The molecule has 0 bridgehead atoms. The van der Waals surface area contributed by atoms with Crippen molar-refractivity contribution in [2.45, 2.75) is 65.1 Å². The highest BCUT2D eigenvalue weighted by molar-refractivity contribution is 5.61. The van der Waals surface area contributed by atoms with Crippen LogP contribution in [0.4, 0.5) is 30.6 Å². The van der Waals surface area contributed by atoms with Crippen molar-refractivity contribution in [2.24, 2.45) is 11.7 Å². The van der Waals surface area contributed by atoms with Gasteiger partial charge >= 0.3 is 6.18 Å². The van der Waals surface area contributed by atoms with Gasteiger partial charge in [-0.05, 0) is 51.2 Å². The predicted octanol–water partition coefficient (Wildman–Crippen LogP) is 5.88. The van der Waals surface area contributed by atoms with Crippen molar-refractivity contribution in [3.63, 3.8) is 0 Å². The number of hydrogen-bond donors (Lipinski definition) is 3. The number of aryl methyl sites for hydroxylation is 2. The molecule has 1 aliphatic heterocycles. The number of aromatic nitrogens is 2. The summed E-state index contributed by atoms with van der Waals surface area (Å²) in [6.45, 7) is 11.7. The van der Waals surface area contributed by atoms with E-state index in [9.17, 15) is 13.2 Å². The van der Waals surface area contributed by atoms with E-state index in [-0.39, 0.29) is 23.7 Å². The predicted molar refractivity (Wildman–Crippen MR) is 143 cm³/mol. The molecule has 1 saturated heterocycles. The summed E-state index contributed by atoms with van der Waals surface area (Å²) in [4.78, 5) is 10.3. The van der Waals surface area contributed by atoms with E-state index >= 15 is 0 Å². The highest BCUT2D eigenvalue weighted by Gasteiger charge is 2.35. The lowest BCUT2D eigenvalue weighted by Crippen LogP contribution is -2.40. The molecule has 6 nitrogen and oxygen atoms in total. The van der Waals surface area contributed by atoms with Crippen LogP contribution in [0.25, 0.3) is 0 Å². The average molecular weight is 515 g/mol. The molecule has 2 atom stereocenters. The van der Waals surface area contributed by atoms with Crippen LogP contribution in [0.1, 0.15) is 56.2 Å². The van der Waals surface area contributed by atoms with E-state index in [1.807, 2.05) is 39.0 Å². The first-order chi connectivity index (χ1) is 17.6. The highest BCUT2D eigenvalue weighted by atomic mass is 19.4. The maximum absolute atomic E-state index is 13.7. The third-order valence-electron chi connectivity index (χ3n) is 6.50. The summed E-state index contributed by atoms with van der Waals surface area (Å²) in [7, 11) is 0. The van der Waals surface area contributed by atoms with Crippen LogP contribution in [0.2, 0.25) is 0 Å². The molecule has 2 unspecified atom stereocenters. The Hall–Kier alpha value is -3.25. The van der Waals surface area contributed by atoms with Crippen LogP contribution in [-0.2, 0) is 12.6 Å². The van der Waals surface area contributed by atoms with Gasteiger partial charge in [0.15, 0.2) is 0 Å². The third-order valence-corrected chi connectivity index (χ3v) is 6.50. The minimum absolute atomic E-state index is 0.00767. The van der Waals surface area contributed by atoms with Gasteiger partial charge in [0, 0.05) is 55.6 Å². The summed E-state index contributed by atoms with van der Waals surface area (Å²) in [6, 6.07) is 5.87. The van der Waals surface area contributed by atoms with Gasteiger partial charge in [0.05, 0.1) is 0 Å². The van der Waals surface area contributed by atoms with Crippen molar-refractivity contribution in [1.82, 2.24) is 14.9 Å². The Labute approximate surface area is 217 Å². The van der Waals surface area contributed by atoms with Crippen LogP contribution in [0, 0.1) is 24.7 Å². The number of nitrogens with one attached hydrogen (secondary N) is 2. The topological polar surface area (TPSA) is 79.1 Å². The second-order valence-electron chi connectivity index (χ2n) is 9.52. The van der Waals surface area contributed by atoms with Crippen LogP contribution in [0.3, 0.4) is 0 Å². The zero-order chi connectivity index (χ0) is 27.0. The standard InChI is InChI=1S/C28H37F3N6/c1-5-8-21-10-11-23(32)18-37(20(4)16-21)14-7-13-33-26-24(28(29,30)31)17-34-27(36-26)35-25-12-9-19(3)15-22(25)6-2/h9,12,15,17,21,23H,4,6-7,10-11,13-14,16,18,32H2,1-3H3,(H2,33,34,35,36). The minimum Gasteiger partial charge on any atom is -0.374 e. The molecule has 0 aliphatic carbocycles. The second kappa shape index (κ2) is 12.8. The van der Waals surface area contributed by atoms with E-state index in [4.69, 9.17) is 5.73 Å². The van der Waals surface area contributed by atoms with Crippen LogP contribution < -0.4 is 16.4 Å². The number of anilines is 3. The molecular formula is C28H37F3N6. The number of rotatable bonds is 8. The molecule has 0 amide bonds. The number of likely N-dealkylation sites (tertiary alicyclic amines) is 1. The van der Waals surface area contributed by atoms with Gasteiger partial charge < -0.3 is 21.3 Å². The Morgan fingerprint density at radius 1 is 1.27 bits per heavy atom. The zero-order valence-electron chi connectivity index (χ0n) is 21.9. The van der Waals surface area contributed by atoms with Gasteiger partial charge in [0.1, 0.15) is 11.4 Å². The molecule has 0 radical (unpaired) electrons. The Morgan fingerprint density at radius 2 is 2.05 bits per heavy atom. The van der Waals surface area contributed by atoms with Gasteiger partial charge in [-0.3, -0.25) is 0 Å². The van der Waals surface area contributed by atoms with Gasteiger partial charge in [-0.25, -0.2) is 4.98 Å². The number of hydrogen-bond acceptors (Lipinski definition) is 6. The van der Waals surface area contributed by atoms with E-state index in [1.54, 1.807) is 0 Å². The molecule has 0 spiro atoms. The molecule has 1 fully saturated rings. The largest absolute Gasteiger partial charge is 0.421 e. The van der Waals surface area contributed by atoms with E-state index < -0.39 is 11.7 Å². The van der Waals surface area contributed by atoms with Crippen molar-refractivity contribution in [1.29, 1.82) is 0 Å². The SMILES string of the molecule is C=C1CC(C#CC)CCC(N)CN1CCCNc1nc(Nc2ccc(C)cc2CC)ncc1C(F)(F)F. The van der Waals surface area contributed by atoms with E-state index in [2.05, 4.69) is 43.9 Å². The highest BCUT2D eigenvalue weighted by Crippen LogP contribution is 2.34. The van der Waals surface area contributed by atoms with Crippen LogP contribution in [-0.4, -0.2) is 40.5 Å². The number of benzene rings is 1. The smallest absolute Gasteiger partial charge is 0.374 e. The van der Waals surface area contributed by atoms with Crippen LogP contribution in [0.5, 0.6) is 0 Å². The van der Waals surface area contributed by atoms with Gasteiger partial charge in [-0.15, -0.1) is 5.92 Å². The monoisotopic (exact) mass is 514 g/mol. The fourth-order valence-corrected chi connectivity index (χ4v) is 4.53. The number of nitrogens with zero attached hydrogens (tertiary/aromatic N) is 3. The Kier molecular flexibility index (Phi) is 9.81. The molecule has 2 heterocycles. The fourth-order valence-electron chi connectivity index (χ4n) is 4.53. The van der Waals surface area contributed by atoms with Crippen LogP contribution >= 0.6 is 0 Å². The fraction of sp³-hybridized carbons (Fsp3) is 0.500.